The molecule has 16 heteroatoms. The van der Waals surface area contributed by atoms with Crippen LogP contribution in [0.3, 0.4) is 0 Å². The molecule has 2 aliphatic carbocycles. The van der Waals surface area contributed by atoms with Crippen molar-refractivity contribution < 1.29 is 13.5 Å². The van der Waals surface area contributed by atoms with Crippen LogP contribution < -0.4 is 30.7 Å². The molecule has 6 aromatic rings. The third-order valence-electron chi connectivity index (χ3n) is 11.7. The summed E-state index contributed by atoms with van der Waals surface area (Å²) in [7, 11) is 1.52. The average molecular weight is 769 g/mol. The number of anilines is 2. The lowest BCUT2D eigenvalue weighted by Crippen LogP contribution is -2.49. The highest BCUT2D eigenvalue weighted by atomic mass is 32.1. The lowest BCUT2D eigenvalue weighted by Gasteiger charge is -2.35. The summed E-state index contributed by atoms with van der Waals surface area (Å²) >= 11 is 1.17. The van der Waals surface area contributed by atoms with Gasteiger partial charge in [-0.1, -0.05) is 18.3 Å². The van der Waals surface area contributed by atoms with Crippen molar-refractivity contribution in [3.05, 3.63) is 62.7 Å². The van der Waals surface area contributed by atoms with E-state index in [9.17, 15) is 9.59 Å². The van der Waals surface area contributed by atoms with Gasteiger partial charge in [-0.2, -0.15) is 9.61 Å². The molecule has 4 aliphatic rings. The van der Waals surface area contributed by atoms with Crippen LogP contribution in [-0.4, -0.2) is 99.4 Å². The van der Waals surface area contributed by atoms with Gasteiger partial charge in [-0.3, -0.25) is 9.59 Å². The van der Waals surface area contributed by atoms with Crippen LogP contribution in [0.5, 0.6) is 5.75 Å². The molecule has 1 N–H and O–H groups in total. The van der Waals surface area contributed by atoms with Crippen molar-refractivity contribution in [3.63, 3.8) is 0 Å². The second kappa shape index (κ2) is 13.1. The van der Waals surface area contributed by atoms with E-state index in [1.807, 2.05) is 15.5 Å². The molecule has 0 spiro atoms. The number of pyridine rings is 2. The molecule has 55 heavy (non-hydrogen) atoms. The first kappa shape index (κ1) is 34.6. The van der Waals surface area contributed by atoms with Gasteiger partial charge in [0.15, 0.2) is 27.8 Å². The Morgan fingerprint density at radius 1 is 0.873 bits per heavy atom. The van der Waals surface area contributed by atoms with Gasteiger partial charge in [-0.05, 0) is 57.4 Å². The summed E-state index contributed by atoms with van der Waals surface area (Å²) in [6.45, 7) is 10.2. The predicted octanol–water partition coefficient (Wildman–Crippen LogP) is 5.05. The van der Waals surface area contributed by atoms with Crippen molar-refractivity contribution >= 4 is 49.5 Å². The Labute approximate surface area is 318 Å². The van der Waals surface area contributed by atoms with Gasteiger partial charge in [-0.25, -0.2) is 8.78 Å². The molecule has 1 unspecified atom stereocenters. The van der Waals surface area contributed by atoms with Gasteiger partial charge < -0.3 is 33.9 Å². The fourth-order valence-corrected chi connectivity index (χ4v) is 9.32. The minimum absolute atomic E-state index is 0.123. The van der Waals surface area contributed by atoms with E-state index >= 15 is 8.78 Å². The number of hydrogen-bond acceptors (Lipinski definition) is 11. The van der Waals surface area contributed by atoms with Crippen molar-refractivity contribution in [2.24, 2.45) is 0 Å². The molecule has 0 amide bonds. The molecule has 2 aromatic carbocycles. The lowest BCUT2D eigenvalue weighted by atomic mass is 10.1. The highest BCUT2D eigenvalue weighted by molar-refractivity contribution is 7.19. The molecule has 0 radical (unpaired) electrons. The van der Waals surface area contributed by atoms with Crippen LogP contribution in [0.1, 0.15) is 51.6 Å². The van der Waals surface area contributed by atoms with E-state index in [2.05, 4.69) is 43.7 Å². The molecule has 2 saturated carbocycles. The van der Waals surface area contributed by atoms with Gasteiger partial charge in [0.05, 0.1) is 40.3 Å². The number of methoxy groups -OCH3 is 1. The van der Waals surface area contributed by atoms with Crippen LogP contribution in [0.2, 0.25) is 0 Å². The molecule has 10 rings (SSSR count). The molecule has 2 saturated heterocycles. The highest BCUT2D eigenvalue weighted by Crippen LogP contribution is 2.45. The maximum absolute atomic E-state index is 16.1. The van der Waals surface area contributed by atoms with Gasteiger partial charge >= 0.3 is 0 Å². The first-order chi connectivity index (χ1) is 26.7. The molecule has 1 atom stereocenters. The summed E-state index contributed by atoms with van der Waals surface area (Å²) in [5.41, 5.74) is 1.96. The molecule has 286 valence electrons. The maximum atomic E-state index is 16.1. The minimum atomic E-state index is -0.513. The number of nitrogens with zero attached hydrogens (tertiary/aromatic N) is 9. The monoisotopic (exact) mass is 768 g/mol. The third-order valence-corrected chi connectivity index (χ3v) is 12.6. The van der Waals surface area contributed by atoms with E-state index in [0.29, 0.717) is 76.4 Å². The Morgan fingerprint density at radius 3 is 2.29 bits per heavy atom. The Kier molecular flexibility index (Phi) is 8.22. The molecule has 0 bridgehead atoms. The van der Waals surface area contributed by atoms with Crippen LogP contribution in [0.15, 0.2) is 40.2 Å². The standard InChI is InChI=1S/C39H42F2N10O3S/c1-4-46-11-13-47(14-12-46)31-17-30-24(15-28(31)40)34(52)26(19-49(30)22-5-6-22)37-43-44-39-51(37)45-38(55-39)27-20-50(23-7-8-23)32-25(35(27)53)16-29(41)33(36(32)54-3)48-10-9-42-21(2)18-48/h15-17,19-23,42H,4-14,18H2,1-3H3. The lowest BCUT2D eigenvalue weighted by molar-refractivity contribution is 0.270. The summed E-state index contributed by atoms with van der Waals surface area (Å²) in [5, 5.41) is 17.8. The molecule has 6 heterocycles. The highest BCUT2D eigenvalue weighted by Gasteiger charge is 2.33. The number of fused-ring (bicyclic) bond motifs is 3. The van der Waals surface area contributed by atoms with Gasteiger partial charge in [0.2, 0.25) is 10.4 Å². The van der Waals surface area contributed by atoms with Gasteiger partial charge in [0.1, 0.15) is 11.5 Å². The molecule has 13 nitrogen and oxygen atoms in total. The molecule has 4 aromatic heterocycles. The first-order valence-corrected chi connectivity index (χ1v) is 20.1. The number of hydrogen-bond donors (Lipinski definition) is 1. The first-order valence-electron chi connectivity index (χ1n) is 19.2. The number of halogens is 2. The topological polar surface area (TPSA) is 118 Å². The van der Waals surface area contributed by atoms with E-state index in [1.54, 1.807) is 12.4 Å². The number of benzene rings is 2. The molecule has 4 fully saturated rings. The van der Waals surface area contributed by atoms with Crippen LogP contribution in [-0.2, 0) is 0 Å². The van der Waals surface area contributed by atoms with Crippen molar-refractivity contribution in [1.82, 2.24) is 39.2 Å². The van der Waals surface area contributed by atoms with Crippen LogP contribution >= 0.6 is 11.3 Å². The van der Waals surface area contributed by atoms with Crippen LogP contribution in [0.4, 0.5) is 20.2 Å². The van der Waals surface area contributed by atoms with Crippen molar-refractivity contribution in [3.8, 4) is 27.7 Å². The zero-order valence-electron chi connectivity index (χ0n) is 31.0. The van der Waals surface area contributed by atoms with Gasteiger partial charge in [0, 0.05) is 81.7 Å². The normalized spacial score (nSPS) is 19.7. The number of ether oxygens (including phenoxy) is 1. The SMILES string of the molecule is CCN1CCN(c2cc3c(cc2F)c(=O)c(-c2nnc4sc(-c5cn(C6CC6)c6c(OC)c(N7CCNC(C)C7)c(F)cc6c5=O)nn24)cn3C2CC2)CC1. The fourth-order valence-electron chi connectivity index (χ4n) is 8.47. The number of piperazine rings is 2. The van der Waals surface area contributed by atoms with Crippen LogP contribution in [0, 0.1) is 11.6 Å². The maximum Gasteiger partial charge on any atom is 0.235 e. The largest absolute Gasteiger partial charge is 0.492 e. The summed E-state index contributed by atoms with van der Waals surface area (Å²) in [5.74, 6) is -0.375. The zero-order chi connectivity index (χ0) is 37.7. The third kappa shape index (κ3) is 5.70. The number of likely N-dealkylation sites (N-methyl/N-ethyl adjacent to an activating group) is 1. The smallest absolute Gasteiger partial charge is 0.235 e. The van der Waals surface area contributed by atoms with E-state index < -0.39 is 11.6 Å². The molecule has 2 aliphatic heterocycles. The Balaban J connectivity index is 1.08. The fraction of sp³-hybridized carbons (Fsp3) is 0.462. The Morgan fingerprint density at radius 2 is 1.58 bits per heavy atom. The number of aromatic nitrogens is 6. The molecular formula is C39H42F2N10O3S. The van der Waals surface area contributed by atoms with E-state index in [1.165, 1.54) is 35.1 Å². The molecular weight excluding hydrogens is 727 g/mol. The summed E-state index contributed by atoms with van der Waals surface area (Å²) in [4.78, 5) is 35.4. The quantitative estimate of drug-likeness (QED) is 0.226. The van der Waals surface area contributed by atoms with E-state index in [-0.39, 0.29) is 51.1 Å². The van der Waals surface area contributed by atoms with Crippen molar-refractivity contribution in [1.29, 1.82) is 0 Å². The Hall–Kier alpha value is -4.93. The van der Waals surface area contributed by atoms with E-state index in [4.69, 9.17) is 9.84 Å². The van der Waals surface area contributed by atoms with E-state index in [0.717, 1.165) is 45.3 Å². The van der Waals surface area contributed by atoms with Crippen molar-refractivity contribution in [2.45, 2.75) is 57.7 Å². The summed E-state index contributed by atoms with van der Waals surface area (Å²) in [6, 6.07) is 4.99. The average Bonchev–Trinajstić information content (AvgIpc) is 4.13. The van der Waals surface area contributed by atoms with Crippen molar-refractivity contribution in [2.75, 3.05) is 69.3 Å². The minimum Gasteiger partial charge on any atom is -0.492 e. The second-order valence-corrected chi connectivity index (χ2v) is 16.3. The van der Waals surface area contributed by atoms with Gasteiger partial charge in [0.25, 0.3) is 0 Å². The Bertz CT molecular complexity index is 2640. The zero-order valence-corrected chi connectivity index (χ0v) is 31.8. The summed E-state index contributed by atoms with van der Waals surface area (Å²) in [6.07, 6.45) is 7.34. The predicted molar refractivity (Wildman–Crippen MR) is 210 cm³/mol. The second-order valence-electron chi connectivity index (χ2n) is 15.3. The summed E-state index contributed by atoms with van der Waals surface area (Å²) < 4.78 is 43.5. The number of rotatable bonds is 8. The number of nitrogens with one attached hydrogen (secondary N) is 1. The van der Waals surface area contributed by atoms with Gasteiger partial charge in [-0.15, -0.1) is 10.2 Å². The van der Waals surface area contributed by atoms with Crippen LogP contribution in [0.25, 0.3) is 48.7 Å².